The predicted molar refractivity (Wildman–Crippen MR) is 52.7 cm³/mol. The molecule has 17 heavy (non-hydrogen) atoms. The van der Waals surface area contributed by atoms with E-state index in [4.69, 9.17) is 5.73 Å². The number of nitrogens with zero attached hydrogens (tertiary/aromatic N) is 1. The second-order valence-corrected chi connectivity index (χ2v) is 3.85. The van der Waals surface area contributed by atoms with E-state index >= 15 is 0 Å². The lowest BCUT2D eigenvalue weighted by atomic mass is 9.96. The number of hydrogen-bond acceptors (Lipinski definition) is 2. The van der Waals surface area contributed by atoms with E-state index in [1.54, 1.807) is 0 Å². The summed E-state index contributed by atoms with van der Waals surface area (Å²) >= 11 is 0. The number of nitrogens with two attached hydrogens (primary N) is 1. The van der Waals surface area contributed by atoms with Crippen molar-refractivity contribution in [3.05, 3.63) is 22.9 Å². The Bertz CT molecular complexity index is 383. The molecule has 0 spiro atoms. The Morgan fingerprint density at radius 3 is 2.12 bits per heavy atom. The van der Waals surface area contributed by atoms with Crippen LogP contribution in [-0.4, -0.2) is 4.98 Å². The molecule has 0 fully saturated rings. The van der Waals surface area contributed by atoms with Gasteiger partial charge in [0.05, 0.1) is 5.56 Å². The molecule has 0 bridgehead atoms. The topological polar surface area (TPSA) is 38.9 Å². The van der Waals surface area contributed by atoms with Crippen molar-refractivity contribution in [2.45, 2.75) is 32.4 Å². The molecular weight excluding hydrogens is 243 g/mol. The Kier molecular flexibility index (Phi) is 3.59. The number of rotatable bonds is 2. The van der Waals surface area contributed by atoms with Crippen LogP contribution in [0.5, 0.6) is 0 Å². The van der Waals surface area contributed by atoms with Crippen LogP contribution >= 0.6 is 0 Å². The fraction of sp³-hybridized carbons (Fsp3) is 0.500. The van der Waals surface area contributed by atoms with E-state index in [1.165, 1.54) is 13.8 Å². The van der Waals surface area contributed by atoms with Crippen LogP contribution in [0.25, 0.3) is 0 Å². The Labute approximate surface area is 94.6 Å². The van der Waals surface area contributed by atoms with Crippen LogP contribution in [0.15, 0.2) is 6.07 Å². The summed E-state index contributed by atoms with van der Waals surface area (Å²) in [6, 6.07) is 0.985. The highest BCUT2D eigenvalue weighted by molar-refractivity contribution is 5.44. The summed E-state index contributed by atoms with van der Waals surface area (Å²) in [4.78, 5) is 3.09. The van der Waals surface area contributed by atoms with Crippen molar-refractivity contribution in [1.82, 2.24) is 4.98 Å². The average molecular weight is 254 g/mol. The normalized spacial score (nSPS) is 12.5. The van der Waals surface area contributed by atoms with Gasteiger partial charge in [-0.05, 0) is 17.5 Å². The van der Waals surface area contributed by atoms with Gasteiger partial charge in [-0.25, -0.2) is 13.8 Å². The Morgan fingerprint density at radius 2 is 1.76 bits per heavy atom. The van der Waals surface area contributed by atoms with Crippen molar-refractivity contribution in [3.63, 3.8) is 0 Å². The molecular formula is C10H11F5N2. The molecule has 0 saturated carbocycles. The summed E-state index contributed by atoms with van der Waals surface area (Å²) in [6.07, 6.45) is -8.18. The molecule has 96 valence electrons. The van der Waals surface area contributed by atoms with Crippen LogP contribution in [0.1, 0.15) is 43.0 Å². The van der Waals surface area contributed by atoms with Crippen molar-refractivity contribution in [3.8, 4) is 0 Å². The molecule has 0 unspecified atom stereocenters. The largest absolute Gasteiger partial charge is 0.418 e. The lowest BCUT2D eigenvalue weighted by Crippen LogP contribution is -2.17. The first kappa shape index (κ1) is 13.7. The highest BCUT2D eigenvalue weighted by atomic mass is 19.4. The lowest BCUT2D eigenvalue weighted by Gasteiger charge is -2.19. The van der Waals surface area contributed by atoms with Crippen molar-refractivity contribution in [2.24, 2.45) is 0 Å². The Hall–Kier alpha value is -1.40. The van der Waals surface area contributed by atoms with Gasteiger partial charge in [-0.3, -0.25) is 0 Å². The van der Waals surface area contributed by atoms with Crippen molar-refractivity contribution in [2.75, 3.05) is 5.73 Å². The number of anilines is 1. The third-order valence-corrected chi connectivity index (χ3v) is 2.21. The minimum absolute atomic E-state index is 0.264. The molecule has 0 aliphatic carbocycles. The van der Waals surface area contributed by atoms with E-state index < -0.39 is 29.8 Å². The summed E-state index contributed by atoms with van der Waals surface area (Å²) in [5.41, 5.74) is 2.29. The molecule has 0 aliphatic heterocycles. The fourth-order valence-corrected chi connectivity index (χ4v) is 1.53. The standard InChI is InChI=1S/C10H11F5N2/c1-4(2)5-3-6(16)17-8(9(11)12)7(5)10(13,14)15/h3-4,9H,1-2H3,(H2,16,17). The number of alkyl halides is 5. The molecule has 0 amide bonds. The van der Waals surface area contributed by atoms with Gasteiger partial charge in [0.2, 0.25) is 0 Å². The zero-order valence-corrected chi connectivity index (χ0v) is 9.15. The second kappa shape index (κ2) is 4.46. The number of nitrogen functional groups attached to an aromatic ring is 1. The van der Waals surface area contributed by atoms with E-state index in [-0.39, 0.29) is 11.4 Å². The molecule has 0 radical (unpaired) electrons. The smallest absolute Gasteiger partial charge is 0.384 e. The van der Waals surface area contributed by atoms with Gasteiger partial charge in [-0.2, -0.15) is 13.2 Å². The maximum absolute atomic E-state index is 12.7. The van der Waals surface area contributed by atoms with Gasteiger partial charge in [0.1, 0.15) is 11.5 Å². The van der Waals surface area contributed by atoms with Gasteiger partial charge in [0.25, 0.3) is 6.43 Å². The Balaban J connectivity index is 3.60. The number of pyridine rings is 1. The minimum atomic E-state index is -4.87. The van der Waals surface area contributed by atoms with E-state index in [1.807, 2.05) is 0 Å². The van der Waals surface area contributed by atoms with Gasteiger partial charge in [-0.1, -0.05) is 13.8 Å². The predicted octanol–water partition coefficient (Wildman–Crippen LogP) is 3.74. The number of hydrogen-bond donors (Lipinski definition) is 1. The lowest BCUT2D eigenvalue weighted by molar-refractivity contribution is -0.140. The molecule has 1 aromatic rings. The van der Waals surface area contributed by atoms with Crippen molar-refractivity contribution >= 4 is 5.82 Å². The maximum Gasteiger partial charge on any atom is 0.418 e. The highest BCUT2D eigenvalue weighted by Gasteiger charge is 2.40. The van der Waals surface area contributed by atoms with Crippen LogP contribution in [0, 0.1) is 0 Å². The molecule has 7 heteroatoms. The van der Waals surface area contributed by atoms with Crippen LogP contribution in [0.4, 0.5) is 27.8 Å². The van der Waals surface area contributed by atoms with E-state index in [0.717, 1.165) is 6.07 Å². The van der Waals surface area contributed by atoms with Crippen molar-refractivity contribution in [1.29, 1.82) is 0 Å². The molecule has 1 heterocycles. The van der Waals surface area contributed by atoms with Gasteiger partial charge in [-0.15, -0.1) is 0 Å². The van der Waals surface area contributed by atoms with Crippen LogP contribution < -0.4 is 5.73 Å². The van der Waals surface area contributed by atoms with Gasteiger partial charge in [0, 0.05) is 0 Å². The zero-order chi connectivity index (χ0) is 13.4. The molecule has 1 aromatic heterocycles. The second-order valence-electron chi connectivity index (χ2n) is 3.85. The summed E-state index contributed by atoms with van der Waals surface area (Å²) < 4.78 is 63.4. The molecule has 2 N–H and O–H groups in total. The summed E-state index contributed by atoms with van der Waals surface area (Å²) in [7, 11) is 0. The minimum Gasteiger partial charge on any atom is -0.384 e. The molecule has 0 aliphatic rings. The quantitative estimate of drug-likeness (QED) is 0.816. The molecule has 0 aromatic carbocycles. The van der Waals surface area contributed by atoms with Gasteiger partial charge >= 0.3 is 6.18 Å². The van der Waals surface area contributed by atoms with E-state index in [0.29, 0.717) is 0 Å². The monoisotopic (exact) mass is 254 g/mol. The van der Waals surface area contributed by atoms with Crippen molar-refractivity contribution < 1.29 is 22.0 Å². The fourth-order valence-electron chi connectivity index (χ4n) is 1.53. The van der Waals surface area contributed by atoms with E-state index in [9.17, 15) is 22.0 Å². The third kappa shape index (κ3) is 2.83. The Morgan fingerprint density at radius 1 is 1.24 bits per heavy atom. The van der Waals surface area contributed by atoms with Gasteiger partial charge < -0.3 is 5.73 Å². The molecule has 2 nitrogen and oxygen atoms in total. The highest BCUT2D eigenvalue weighted by Crippen LogP contribution is 2.40. The average Bonchev–Trinajstić information content (AvgIpc) is 2.14. The molecule has 0 saturated heterocycles. The zero-order valence-electron chi connectivity index (χ0n) is 9.15. The number of halogens is 5. The first-order valence-electron chi connectivity index (χ1n) is 4.80. The van der Waals surface area contributed by atoms with E-state index in [2.05, 4.69) is 4.98 Å². The molecule has 0 atom stereocenters. The summed E-state index contributed by atoms with van der Waals surface area (Å²) in [6.45, 7) is 2.94. The van der Waals surface area contributed by atoms with Crippen LogP contribution in [0.2, 0.25) is 0 Å². The number of aromatic nitrogens is 1. The van der Waals surface area contributed by atoms with Crippen LogP contribution in [-0.2, 0) is 6.18 Å². The SMILES string of the molecule is CC(C)c1cc(N)nc(C(F)F)c1C(F)(F)F. The maximum atomic E-state index is 12.7. The third-order valence-electron chi connectivity index (χ3n) is 2.21. The first-order chi connectivity index (χ1) is 7.64. The van der Waals surface area contributed by atoms with Crippen LogP contribution in [0.3, 0.4) is 0 Å². The first-order valence-corrected chi connectivity index (χ1v) is 4.80. The van der Waals surface area contributed by atoms with Gasteiger partial charge in [0.15, 0.2) is 0 Å². The summed E-state index contributed by atoms with van der Waals surface area (Å²) in [5.74, 6) is -0.911. The summed E-state index contributed by atoms with van der Waals surface area (Å²) in [5, 5.41) is 0. The molecule has 1 rings (SSSR count).